The van der Waals surface area contributed by atoms with E-state index in [1.807, 2.05) is 54.6 Å². The molecule has 0 saturated heterocycles. The quantitative estimate of drug-likeness (QED) is 0.668. The number of rotatable bonds is 5. The van der Waals surface area contributed by atoms with Crippen molar-refractivity contribution in [2.75, 3.05) is 19.8 Å². The SMILES string of the molecule is NCC#Cc1cccc(OCCOc2ccccc2)c1. The fourth-order valence-corrected chi connectivity index (χ4v) is 1.65. The molecular weight excluding hydrogens is 250 g/mol. The number of benzene rings is 2. The summed E-state index contributed by atoms with van der Waals surface area (Å²) in [6.07, 6.45) is 0. The smallest absolute Gasteiger partial charge is 0.122 e. The zero-order valence-electron chi connectivity index (χ0n) is 11.2. The molecule has 0 spiro atoms. The largest absolute Gasteiger partial charge is 0.490 e. The van der Waals surface area contributed by atoms with Gasteiger partial charge in [0.1, 0.15) is 24.7 Å². The number of para-hydroxylation sites is 1. The number of hydrogen-bond acceptors (Lipinski definition) is 3. The third-order valence-electron chi connectivity index (χ3n) is 2.53. The van der Waals surface area contributed by atoms with E-state index < -0.39 is 0 Å². The lowest BCUT2D eigenvalue weighted by molar-refractivity contribution is 0.217. The van der Waals surface area contributed by atoms with E-state index in [0.29, 0.717) is 19.8 Å². The minimum atomic E-state index is 0.357. The predicted octanol–water partition coefficient (Wildman–Crippen LogP) is 2.45. The van der Waals surface area contributed by atoms with Crippen molar-refractivity contribution in [1.82, 2.24) is 0 Å². The first-order valence-corrected chi connectivity index (χ1v) is 6.48. The monoisotopic (exact) mass is 267 g/mol. The first-order chi connectivity index (χ1) is 9.88. The van der Waals surface area contributed by atoms with Crippen molar-refractivity contribution in [3.8, 4) is 23.3 Å². The van der Waals surface area contributed by atoms with Crippen LogP contribution in [0.5, 0.6) is 11.5 Å². The van der Waals surface area contributed by atoms with Crippen LogP contribution in [0.15, 0.2) is 54.6 Å². The second kappa shape index (κ2) is 7.88. The van der Waals surface area contributed by atoms with Crippen LogP contribution in [0.2, 0.25) is 0 Å². The number of nitrogens with two attached hydrogens (primary N) is 1. The molecule has 0 unspecified atom stereocenters. The summed E-state index contributed by atoms with van der Waals surface area (Å²) in [7, 11) is 0. The molecule has 2 rings (SSSR count). The summed E-state index contributed by atoms with van der Waals surface area (Å²) in [5.74, 6) is 7.42. The van der Waals surface area contributed by atoms with Crippen molar-refractivity contribution in [2.45, 2.75) is 0 Å². The van der Waals surface area contributed by atoms with Gasteiger partial charge in [-0.15, -0.1) is 0 Å². The van der Waals surface area contributed by atoms with Crippen molar-refractivity contribution in [3.63, 3.8) is 0 Å². The van der Waals surface area contributed by atoms with Gasteiger partial charge in [0.2, 0.25) is 0 Å². The van der Waals surface area contributed by atoms with Gasteiger partial charge in [-0.3, -0.25) is 0 Å². The first-order valence-electron chi connectivity index (χ1n) is 6.48. The molecular formula is C17H17NO2. The molecule has 0 aromatic heterocycles. The Morgan fingerprint density at radius 2 is 1.55 bits per heavy atom. The highest BCUT2D eigenvalue weighted by Gasteiger charge is 1.96. The summed E-state index contributed by atoms with van der Waals surface area (Å²) in [4.78, 5) is 0. The van der Waals surface area contributed by atoms with Gasteiger partial charge in [-0.25, -0.2) is 0 Å². The van der Waals surface area contributed by atoms with E-state index in [9.17, 15) is 0 Å². The maximum absolute atomic E-state index is 5.62. The van der Waals surface area contributed by atoms with E-state index in [1.165, 1.54) is 0 Å². The summed E-state index contributed by atoms with van der Waals surface area (Å²) in [6, 6.07) is 17.3. The molecule has 0 bridgehead atoms. The summed E-state index contributed by atoms with van der Waals surface area (Å²) in [5, 5.41) is 0. The molecule has 2 N–H and O–H groups in total. The van der Waals surface area contributed by atoms with Gasteiger partial charge in [-0.1, -0.05) is 36.1 Å². The van der Waals surface area contributed by atoms with E-state index in [2.05, 4.69) is 11.8 Å². The Kier molecular flexibility index (Phi) is 5.51. The molecule has 2 aromatic rings. The average Bonchev–Trinajstić information content (AvgIpc) is 2.51. The third-order valence-corrected chi connectivity index (χ3v) is 2.53. The Morgan fingerprint density at radius 3 is 2.30 bits per heavy atom. The van der Waals surface area contributed by atoms with Crippen molar-refractivity contribution in [2.24, 2.45) is 5.73 Å². The highest BCUT2D eigenvalue weighted by molar-refractivity contribution is 5.39. The van der Waals surface area contributed by atoms with Gasteiger partial charge < -0.3 is 15.2 Å². The second-order valence-electron chi connectivity index (χ2n) is 4.04. The molecule has 0 atom stereocenters. The van der Waals surface area contributed by atoms with Gasteiger partial charge >= 0.3 is 0 Å². The molecule has 20 heavy (non-hydrogen) atoms. The summed E-state index contributed by atoms with van der Waals surface area (Å²) < 4.78 is 11.2. The zero-order chi connectivity index (χ0) is 14.0. The Morgan fingerprint density at radius 1 is 0.850 bits per heavy atom. The molecule has 3 heteroatoms. The van der Waals surface area contributed by atoms with Gasteiger partial charge in [0.05, 0.1) is 6.54 Å². The summed E-state index contributed by atoms with van der Waals surface area (Å²) in [5.41, 5.74) is 6.25. The van der Waals surface area contributed by atoms with Crippen LogP contribution >= 0.6 is 0 Å². The Hall–Kier alpha value is -2.44. The highest BCUT2D eigenvalue weighted by Crippen LogP contribution is 2.13. The Bertz CT molecular complexity index is 585. The summed E-state index contributed by atoms with van der Waals surface area (Å²) >= 11 is 0. The Labute approximate surface area is 119 Å². The van der Waals surface area contributed by atoms with Crippen LogP contribution in [0.1, 0.15) is 5.56 Å². The van der Waals surface area contributed by atoms with Gasteiger partial charge in [-0.05, 0) is 30.3 Å². The van der Waals surface area contributed by atoms with Crippen molar-refractivity contribution in [1.29, 1.82) is 0 Å². The lowest BCUT2D eigenvalue weighted by Crippen LogP contribution is -2.08. The molecule has 0 radical (unpaired) electrons. The van der Waals surface area contributed by atoms with E-state index in [0.717, 1.165) is 17.1 Å². The van der Waals surface area contributed by atoms with Crippen LogP contribution in [0, 0.1) is 11.8 Å². The maximum Gasteiger partial charge on any atom is 0.122 e. The zero-order valence-corrected chi connectivity index (χ0v) is 11.2. The minimum Gasteiger partial charge on any atom is -0.490 e. The lowest BCUT2D eigenvalue weighted by Gasteiger charge is -2.08. The third kappa shape index (κ3) is 4.68. The molecule has 0 saturated carbocycles. The summed E-state index contributed by atoms with van der Waals surface area (Å²) in [6.45, 7) is 1.35. The Balaban J connectivity index is 1.79. The van der Waals surface area contributed by atoms with Crippen LogP contribution in [0.25, 0.3) is 0 Å². The maximum atomic E-state index is 5.62. The van der Waals surface area contributed by atoms with Gasteiger partial charge in [0, 0.05) is 5.56 Å². The van der Waals surface area contributed by atoms with Gasteiger partial charge in [0.15, 0.2) is 0 Å². The topological polar surface area (TPSA) is 44.5 Å². The van der Waals surface area contributed by atoms with Crippen LogP contribution in [0.3, 0.4) is 0 Å². The predicted molar refractivity (Wildman–Crippen MR) is 79.8 cm³/mol. The molecule has 3 nitrogen and oxygen atoms in total. The standard InChI is InChI=1S/C17H17NO2/c18-11-5-7-15-6-4-10-17(14-15)20-13-12-19-16-8-2-1-3-9-16/h1-4,6,8-10,14H,11-13,18H2. The van der Waals surface area contributed by atoms with Gasteiger partial charge in [0.25, 0.3) is 0 Å². The lowest BCUT2D eigenvalue weighted by atomic mass is 10.2. The van der Waals surface area contributed by atoms with Crippen molar-refractivity contribution < 1.29 is 9.47 Å². The molecule has 0 aliphatic heterocycles. The molecule has 102 valence electrons. The molecule has 0 heterocycles. The second-order valence-corrected chi connectivity index (χ2v) is 4.04. The van der Waals surface area contributed by atoms with Crippen LogP contribution in [-0.2, 0) is 0 Å². The molecule has 2 aromatic carbocycles. The van der Waals surface area contributed by atoms with E-state index >= 15 is 0 Å². The number of ether oxygens (including phenoxy) is 2. The highest BCUT2D eigenvalue weighted by atomic mass is 16.5. The van der Waals surface area contributed by atoms with E-state index in [1.54, 1.807) is 0 Å². The average molecular weight is 267 g/mol. The van der Waals surface area contributed by atoms with E-state index in [4.69, 9.17) is 15.2 Å². The number of hydrogen-bond donors (Lipinski definition) is 1. The molecule has 0 aliphatic rings. The van der Waals surface area contributed by atoms with Crippen LogP contribution in [-0.4, -0.2) is 19.8 Å². The van der Waals surface area contributed by atoms with E-state index in [-0.39, 0.29) is 0 Å². The fraction of sp³-hybridized carbons (Fsp3) is 0.176. The first kappa shape index (κ1) is 14.0. The minimum absolute atomic E-state index is 0.357. The molecule has 0 aliphatic carbocycles. The molecule has 0 fully saturated rings. The fourth-order valence-electron chi connectivity index (χ4n) is 1.65. The van der Waals surface area contributed by atoms with Gasteiger partial charge in [-0.2, -0.15) is 0 Å². The van der Waals surface area contributed by atoms with Crippen LogP contribution in [0.4, 0.5) is 0 Å². The normalized spacial score (nSPS) is 9.45. The molecule has 0 amide bonds. The van der Waals surface area contributed by atoms with Crippen molar-refractivity contribution in [3.05, 3.63) is 60.2 Å². The van der Waals surface area contributed by atoms with Crippen LogP contribution < -0.4 is 15.2 Å². The van der Waals surface area contributed by atoms with Crippen molar-refractivity contribution >= 4 is 0 Å².